The number of rotatable bonds is 4. The van der Waals surface area contributed by atoms with Crippen molar-refractivity contribution >= 4 is 22.4 Å². The summed E-state index contributed by atoms with van der Waals surface area (Å²) < 4.78 is 12.3. The number of allylic oxidation sites excluding steroid dienone is 2. The van der Waals surface area contributed by atoms with Crippen LogP contribution in [-0.2, 0) is 4.74 Å². The van der Waals surface area contributed by atoms with Crippen molar-refractivity contribution in [2.75, 3.05) is 13.7 Å². The minimum Gasteiger partial charge on any atom is -0.504 e. The Bertz CT molecular complexity index is 1070. The fourth-order valence-electron chi connectivity index (χ4n) is 3.00. The summed E-state index contributed by atoms with van der Waals surface area (Å²) in [6.45, 7) is 2.23. The highest BCUT2D eigenvalue weighted by molar-refractivity contribution is 8.14. The number of thioether (sulfide) groups is 1. The standard InChI is InChI=1S/C19H17N3O4S/c1-3-26-15-8-11(4-5-13(15)23)22-10-21-17-12-9-16(27-18(17)19(22)24)20-7-6-14(12)25-2/h4-8,10,23H,3,9H2,1-2H3. The van der Waals surface area contributed by atoms with Crippen LogP contribution < -0.4 is 10.3 Å². The third-order valence-electron chi connectivity index (χ3n) is 4.25. The zero-order valence-electron chi connectivity index (χ0n) is 14.8. The second-order valence-electron chi connectivity index (χ2n) is 5.85. The van der Waals surface area contributed by atoms with Crippen LogP contribution in [-0.4, -0.2) is 33.4 Å². The first-order valence-electron chi connectivity index (χ1n) is 8.38. The highest BCUT2D eigenvalue weighted by Crippen LogP contribution is 2.39. The van der Waals surface area contributed by atoms with Crippen LogP contribution >= 0.6 is 11.8 Å². The second kappa shape index (κ2) is 6.96. The summed E-state index contributed by atoms with van der Waals surface area (Å²) in [6, 6.07) is 4.76. The van der Waals surface area contributed by atoms with Crippen LogP contribution in [0.25, 0.3) is 11.3 Å². The van der Waals surface area contributed by atoms with Gasteiger partial charge in [0.2, 0.25) is 0 Å². The normalized spacial score (nSPS) is 15.1. The van der Waals surface area contributed by atoms with Crippen LogP contribution in [0, 0.1) is 0 Å². The summed E-state index contributed by atoms with van der Waals surface area (Å²) in [7, 11) is 1.59. The molecule has 2 aliphatic rings. The van der Waals surface area contributed by atoms with Gasteiger partial charge in [0.05, 0.1) is 30.1 Å². The minimum absolute atomic E-state index is 0.0234. The van der Waals surface area contributed by atoms with E-state index < -0.39 is 0 Å². The predicted molar refractivity (Wildman–Crippen MR) is 104 cm³/mol. The number of hydrogen-bond donors (Lipinski definition) is 1. The molecule has 1 aromatic carbocycles. The Hall–Kier alpha value is -3.00. The molecule has 4 rings (SSSR count). The number of aromatic nitrogens is 2. The summed E-state index contributed by atoms with van der Waals surface area (Å²) in [5, 5.41) is 10.7. The number of methoxy groups -OCH3 is 1. The molecule has 3 heterocycles. The number of phenols is 1. The monoisotopic (exact) mass is 383 g/mol. The van der Waals surface area contributed by atoms with Gasteiger partial charge in [-0.2, -0.15) is 0 Å². The van der Waals surface area contributed by atoms with E-state index in [9.17, 15) is 9.90 Å². The van der Waals surface area contributed by atoms with Crippen molar-refractivity contribution in [3.8, 4) is 17.2 Å². The zero-order chi connectivity index (χ0) is 19.0. The van der Waals surface area contributed by atoms with Crippen molar-refractivity contribution in [2.24, 2.45) is 4.99 Å². The minimum atomic E-state index is -0.208. The van der Waals surface area contributed by atoms with Gasteiger partial charge in [0.15, 0.2) is 11.5 Å². The number of aliphatic imine (C=N–C) groups is 1. The van der Waals surface area contributed by atoms with E-state index in [0.717, 1.165) is 10.6 Å². The highest BCUT2D eigenvalue weighted by Gasteiger charge is 2.28. The van der Waals surface area contributed by atoms with Crippen LogP contribution in [0.15, 0.2) is 57.2 Å². The van der Waals surface area contributed by atoms with Crippen LogP contribution in [0.1, 0.15) is 19.0 Å². The zero-order valence-corrected chi connectivity index (χ0v) is 15.6. The molecule has 0 saturated heterocycles. The average molecular weight is 383 g/mol. The predicted octanol–water partition coefficient (Wildman–Crippen LogP) is 3.12. The lowest BCUT2D eigenvalue weighted by atomic mass is 10.1. The largest absolute Gasteiger partial charge is 0.504 e. The van der Waals surface area contributed by atoms with Crippen molar-refractivity contribution in [1.29, 1.82) is 0 Å². The van der Waals surface area contributed by atoms with Gasteiger partial charge in [-0.15, -0.1) is 0 Å². The van der Waals surface area contributed by atoms with Gasteiger partial charge in [-0.25, -0.2) is 4.98 Å². The second-order valence-corrected chi connectivity index (χ2v) is 6.93. The van der Waals surface area contributed by atoms with Gasteiger partial charge >= 0.3 is 0 Å². The molecule has 2 bridgehead atoms. The lowest BCUT2D eigenvalue weighted by molar-refractivity contribution is 0.308. The van der Waals surface area contributed by atoms with Gasteiger partial charge in [0.1, 0.15) is 17.0 Å². The molecule has 0 atom stereocenters. The summed E-state index contributed by atoms with van der Waals surface area (Å²) in [4.78, 5) is 22.6. The molecule has 0 unspecified atom stereocenters. The van der Waals surface area contributed by atoms with Crippen LogP contribution in [0.4, 0.5) is 0 Å². The van der Waals surface area contributed by atoms with Crippen molar-refractivity contribution in [1.82, 2.24) is 9.55 Å². The van der Waals surface area contributed by atoms with Crippen molar-refractivity contribution in [3.05, 3.63) is 58.6 Å². The molecule has 0 saturated carbocycles. The fraction of sp³-hybridized carbons (Fsp3) is 0.211. The lowest BCUT2D eigenvalue weighted by Gasteiger charge is -2.20. The Kier molecular flexibility index (Phi) is 4.49. The number of benzene rings is 1. The molecule has 0 fully saturated rings. The SMILES string of the molecule is CCOc1cc(-n2cnc3c(c2=O)SC2=NC=CC(OC)=C3C2)ccc1O. The Labute approximate surface area is 159 Å². The number of nitrogens with zero attached hydrogens (tertiary/aromatic N) is 3. The molecule has 0 amide bonds. The first kappa shape index (κ1) is 17.4. The summed E-state index contributed by atoms with van der Waals surface area (Å²) in [5.74, 6) is 0.998. The molecule has 0 radical (unpaired) electrons. The molecular formula is C19H17N3O4S. The Morgan fingerprint density at radius 2 is 2.22 bits per heavy atom. The topological polar surface area (TPSA) is 85.9 Å². The Morgan fingerprint density at radius 1 is 1.37 bits per heavy atom. The molecule has 7 nitrogen and oxygen atoms in total. The van der Waals surface area contributed by atoms with Crippen molar-refractivity contribution in [3.63, 3.8) is 0 Å². The smallest absolute Gasteiger partial charge is 0.272 e. The molecule has 0 aliphatic carbocycles. The van der Waals surface area contributed by atoms with Gasteiger partial charge in [-0.05, 0) is 25.1 Å². The van der Waals surface area contributed by atoms with Crippen molar-refractivity contribution in [2.45, 2.75) is 18.2 Å². The van der Waals surface area contributed by atoms with Gasteiger partial charge in [0, 0.05) is 24.3 Å². The van der Waals surface area contributed by atoms with E-state index in [4.69, 9.17) is 9.47 Å². The summed E-state index contributed by atoms with van der Waals surface area (Å²) in [6.07, 6.45) is 5.52. The van der Waals surface area contributed by atoms with Crippen molar-refractivity contribution < 1.29 is 14.6 Å². The third-order valence-corrected chi connectivity index (χ3v) is 5.30. The highest BCUT2D eigenvalue weighted by atomic mass is 32.2. The van der Waals surface area contributed by atoms with E-state index >= 15 is 0 Å². The van der Waals surface area contributed by atoms with Gasteiger partial charge in [-0.1, -0.05) is 11.8 Å². The first-order chi connectivity index (χ1) is 13.1. The van der Waals surface area contributed by atoms with E-state index in [0.29, 0.717) is 40.8 Å². The van der Waals surface area contributed by atoms with Gasteiger partial charge in [-0.3, -0.25) is 14.4 Å². The van der Waals surface area contributed by atoms with E-state index in [1.807, 2.05) is 6.92 Å². The van der Waals surface area contributed by atoms with E-state index in [2.05, 4.69) is 9.98 Å². The first-order valence-corrected chi connectivity index (χ1v) is 9.20. The molecule has 2 aliphatic heterocycles. The maximum absolute atomic E-state index is 13.2. The molecular weight excluding hydrogens is 366 g/mol. The molecule has 138 valence electrons. The molecule has 0 spiro atoms. The van der Waals surface area contributed by atoms with E-state index in [-0.39, 0.29) is 11.3 Å². The van der Waals surface area contributed by atoms with Gasteiger partial charge < -0.3 is 14.6 Å². The maximum atomic E-state index is 13.2. The van der Waals surface area contributed by atoms with Crippen LogP contribution in [0.5, 0.6) is 11.5 Å². The number of ether oxygens (including phenoxy) is 2. The van der Waals surface area contributed by atoms with Crippen LogP contribution in [0.3, 0.4) is 0 Å². The molecule has 8 heteroatoms. The molecule has 1 N–H and O–H groups in total. The van der Waals surface area contributed by atoms with Crippen LogP contribution in [0.2, 0.25) is 0 Å². The maximum Gasteiger partial charge on any atom is 0.272 e. The number of aromatic hydroxyl groups is 1. The average Bonchev–Trinajstić information content (AvgIpc) is 2.84. The summed E-state index contributed by atoms with van der Waals surface area (Å²) in [5.41, 5.74) is 1.82. The number of fused-ring (bicyclic) bond motifs is 4. The lowest BCUT2D eigenvalue weighted by Crippen LogP contribution is -2.25. The number of hydrogen-bond acceptors (Lipinski definition) is 7. The molecule has 27 heavy (non-hydrogen) atoms. The summed E-state index contributed by atoms with van der Waals surface area (Å²) >= 11 is 1.32. The quantitative estimate of drug-likeness (QED) is 0.873. The van der Waals surface area contributed by atoms with Gasteiger partial charge in [0.25, 0.3) is 5.56 Å². The Balaban J connectivity index is 1.87. The number of phenolic OH excluding ortho intramolecular Hbond substituents is 1. The third kappa shape index (κ3) is 3.02. The Morgan fingerprint density at radius 3 is 3.00 bits per heavy atom. The molecule has 2 aromatic rings. The molecule has 1 aromatic heterocycles. The van der Waals surface area contributed by atoms with E-state index in [1.54, 1.807) is 31.5 Å². The van der Waals surface area contributed by atoms with E-state index in [1.165, 1.54) is 28.7 Å². The fourth-order valence-corrected chi connectivity index (χ4v) is 4.02.